The van der Waals surface area contributed by atoms with Crippen LogP contribution in [0.4, 0.5) is 5.69 Å². The minimum atomic E-state index is -0.341. The van der Waals surface area contributed by atoms with Crippen molar-refractivity contribution in [1.82, 2.24) is 0 Å². The zero-order valence-corrected chi connectivity index (χ0v) is 10.7. The van der Waals surface area contributed by atoms with Gasteiger partial charge in [-0.1, -0.05) is 11.6 Å². The van der Waals surface area contributed by atoms with Gasteiger partial charge < -0.3 is 5.32 Å². The summed E-state index contributed by atoms with van der Waals surface area (Å²) in [7, 11) is 0. The summed E-state index contributed by atoms with van der Waals surface area (Å²) in [6, 6.07) is 9.39. The van der Waals surface area contributed by atoms with E-state index in [1.165, 1.54) is 0 Å². The van der Waals surface area contributed by atoms with Gasteiger partial charge in [-0.15, -0.1) is 0 Å². The molecule has 0 aliphatic carbocycles. The van der Waals surface area contributed by atoms with E-state index < -0.39 is 0 Å². The minimum absolute atomic E-state index is 0.341. The SMILES string of the molecule is CC(C)(C#N)CCNc1ccc(C#N)cc1Cl. The smallest absolute Gasteiger partial charge is 0.0992 e. The Labute approximate surface area is 107 Å². The summed E-state index contributed by atoms with van der Waals surface area (Å²) in [5.74, 6) is 0. The molecule has 1 N–H and O–H groups in total. The molecule has 0 aromatic heterocycles. The Morgan fingerprint density at radius 1 is 1.35 bits per heavy atom. The maximum Gasteiger partial charge on any atom is 0.0992 e. The lowest BCUT2D eigenvalue weighted by Crippen LogP contribution is -2.14. The van der Waals surface area contributed by atoms with E-state index in [0.717, 1.165) is 12.1 Å². The second kappa shape index (κ2) is 5.57. The number of hydrogen-bond donors (Lipinski definition) is 1. The van der Waals surface area contributed by atoms with Crippen LogP contribution < -0.4 is 5.32 Å². The van der Waals surface area contributed by atoms with Crippen LogP contribution in [0.5, 0.6) is 0 Å². The molecule has 1 aromatic rings. The summed E-state index contributed by atoms with van der Waals surface area (Å²) in [4.78, 5) is 0. The largest absolute Gasteiger partial charge is 0.384 e. The average Bonchev–Trinajstić information content (AvgIpc) is 2.31. The molecule has 0 saturated heterocycles. The molecule has 0 fully saturated rings. The molecule has 0 radical (unpaired) electrons. The number of benzene rings is 1. The average molecular weight is 248 g/mol. The third-order valence-electron chi connectivity index (χ3n) is 2.47. The zero-order valence-electron chi connectivity index (χ0n) is 9.92. The highest BCUT2D eigenvalue weighted by molar-refractivity contribution is 6.33. The van der Waals surface area contributed by atoms with Gasteiger partial charge in [-0.2, -0.15) is 10.5 Å². The Hall–Kier alpha value is -1.71. The van der Waals surface area contributed by atoms with Crippen molar-refractivity contribution in [2.24, 2.45) is 5.41 Å². The second-order valence-electron chi connectivity index (χ2n) is 4.48. The lowest BCUT2D eigenvalue weighted by molar-refractivity contribution is 0.466. The second-order valence-corrected chi connectivity index (χ2v) is 4.89. The highest BCUT2D eigenvalue weighted by atomic mass is 35.5. The van der Waals surface area contributed by atoms with E-state index >= 15 is 0 Å². The molecular formula is C13H14ClN3. The molecule has 17 heavy (non-hydrogen) atoms. The summed E-state index contributed by atoms with van der Waals surface area (Å²) >= 11 is 6.01. The summed E-state index contributed by atoms with van der Waals surface area (Å²) < 4.78 is 0. The molecule has 0 unspecified atom stereocenters. The van der Waals surface area contributed by atoms with E-state index in [1.807, 2.05) is 19.9 Å². The van der Waals surface area contributed by atoms with Crippen molar-refractivity contribution >= 4 is 17.3 Å². The van der Waals surface area contributed by atoms with Gasteiger partial charge in [0.25, 0.3) is 0 Å². The molecule has 0 aliphatic heterocycles. The number of halogens is 1. The first-order valence-corrected chi connectivity index (χ1v) is 5.71. The van der Waals surface area contributed by atoms with Gasteiger partial charge in [0.1, 0.15) is 0 Å². The highest BCUT2D eigenvalue weighted by Gasteiger charge is 2.15. The fourth-order valence-electron chi connectivity index (χ4n) is 1.29. The van der Waals surface area contributed by atoms with Gasteiger partial charge in [0.15, 0.2) is 0 Å². The van der Waals surface area contributed by atoms with E-state index in [9.17, 15) is 0 Å². The van der Waals surface area contributed by atoms with Crippen LogP contribution in [-0.4, -0.2) is 6.54 Å². The van der Waals surface area contributed by atoms with Crippen molar-refractivity contribution in [2.45, 2.75) is 20.3 Å². The van der Waals surface area contributed by atoms with Crippen LogP contribution in [0.1, 0.15) is 25.8 Å². The number of hydrogen-bond acceptors (Lipinski definition) is 3. The fourth-order valence-corrected chi connectivity index (χ4v) is 1.54. The number of rotatable bonds is 4. The summed E-state index contributed by atoms with van der Waals surface area (Å²) in [6.07, 6.45) is 0.736. The van der Waals surface area contributed by atoms with Gasteiger partial charge in [0.2, 0.25) is 0 Å². The zero-order chi connectivity index (χ0) is 12.9. The molecule has 1 aromatic carbocycles. The first-order chi connectivity index (χ1) is 7.98. The van der Waals surface area contributed by atoms with Gasteiger partial charge >= 0.3 is 0 Å². The molecule has 0 heterocycles. The summed E-state index contributed by atoms with van der Waals surface area (Å²) in [5.41, 5.74) is 0.990. The molecular weight excluding hydrogens is 234 g/mol. The van der Waals surface area contributed by atoms with Crippen molar-refractivity contribution in [3.05, 3.63) is 28.8 Å². The van der Waals surface area contributed by atoms with E-state index in [0.29, 0.717) is 17.1 Å². The Balaban J connectivity index is 2.60. The predicted molar refractivity (Wildman–Crippen MR) is 68.7 cm³/mol. The maximum atomic E-state index is 8.87. The van der Waals surface area contributed by atoms with Gasteiger partial charge in [0.05, 0.1) is 33.8 Å². The Morgan fingerprint density at radius 3 is 2.59 bits per heavy atom. The maximum absolute atomic E-state index is 8.87. The normalized spacial score (nSPS) is 10.4. The number of anilines is 1. The van der Waals surface area contributed by atoms with Gasteiger partial charge in [-0.05, 0) is 38.5 Å². The van der Waals surface area contributed by atoms with E-state index in [-0.39, 0.29) is 5.41 Å². The van der Waals surface area contributed by atoms with Gasteiger partial charge in [-0.3, -0.25) is 0 Å². The molecule has 88 valence electrons. The Bertz CT molecular complexity index is 480. The van der Waals surface area contributed by atoms with E-state index in [1.54, 1.807) is 18.2 Å². The van der Waals surface area contributed by atoms with Crippen molar-refractivity contribution in [3.8, 4) is 12.1 Å². The first kappa shape index (κ1) is 13.4. The van der Waals surface area contributed by atoms with Crippen LogP contribution >= 0.6 is 11.6 Å². The molecule has 0 aliphatic rings. The molecule has 0 saturated carbocycles. The van der Waals surface area contributed by atoms with Crippen LogP contribution in [0, 0.1) is 28.1 Å². The van der Waals surface area contributed by atoms with Crippen molar-refractivity contribution in [3.63, 3.8) is 0 Å². The van der Waals surface area contributed by atoms with Crippen LogP contribution in [0.3, 0.4) is 0 Å². The third kappa shape index (κ3) is 3.98. The van der Waals surface area contributed by atoms with Crippen molar-refractivity contribution in [2.75, 3.05) is 11.9 Å². The highest BCUT2D eigenvalue weighted by Crippen LogP contribution is 2.24. The summed E-state index contributed by atoms with van der Waals surface area (Å²) in [6.45, 7) is 4.47. The molecule has 0 bridgehead atoms. The fraction of sp³-hybridized carbons (Fsp3) is 0.385. The molecule has 0 amide bonds. The monoisotopic (exact) mass is 247 g/mol. The Kier molecular flexibility index (Phi) is 4.37. The standard InChI is InChI=1S/C13H14ClN3/c1-13(2,9-16)5-6-17-12-4-3-10(8-15)7-11(12)14/h3-4,7,17H,5-6H2,1-2H3. The van der Waals surface area contributed by atoms with Crippen LogP contribution in [0.2, 0.25) is 5.02 Å². The molecule has 3 nitrogen and oxygen atoms in total. The van der Waals surface area contributed by atoms with Crippen LogP contribution in [0.15, 0.2) is 18.2 Å². The molecule has 0 atom stereocenters. The van der Waals surface area contributed by atoms with Crippen LogP contribution in [0.25, 0.3) is 0 Å². The van der Waals surface area contributed by atoms with E-state index in [2.05, 4.69) is 11.4 Å². The van der Waals surface area contributed by atoms with E-state index in [4.69, 9.17) is 22.1 Å². The third-order valence-corrected chi connectivity index (χ3v) is 2.78. The van der Waals surface area contributed by atoms with Crippen molar-refractivity contribution in [1.29, 1.82) is 10.5 Å². The molecule has 4 heteroatoms. The van der Waals surface area contributed by atoms with Gasteiger partial charge in [0, 0.05) is 6.54 Å². The topological polar surface area (TPSA) is 59.6 Å². The quantitative estimate of drug-likeness (QED) is 0.885. The minimum Gasteiger partial charge on any atom is -0.384 e. The van der Waals surface area contributed by atoms with Crippen molar-refractivity contribution < 1.29 is 0 Å². The lowest BCUT2D eigenvalue weighted by atomic mass is 9.91. The predicted octanol–water partition coefficient (Wildman–Crippen LogP) is 3.56. The molecule has 0 spiro atoms. The molecule has 1 rings (SSSR count). The number of nitriles is 2. The first-order valence-electron chi connectivity index (χ1n) is 5.33. The number of nitrogens with one attached hydrogen (secondary N) is 1. The summed E-state index contributed by atoms with van der Waals surface area (Å²) in [5, 5.41) is 21.3. The van der Waals surface area contributed by atoms with Crippen LogP contribution in [-0.2, 0) is 0 Å². The number of nitrogens with zero attached hydrogens (tertiary/aromatic N) is 2. The van der Waals surface area contributed by atoms with Gasteiger partial charge in [-0.25, -0.2) is 0 Å². The Morgan fingerprint density at radius 2 is 2.06 bits per heavy atom. The lowest BCUT2D eigenvalue weighted by Gasteiger charge is -2.16.